The number of aromatic nitrogens is 2. The molecule has 0 aliphatic carbocycles. The van der Waals surface area contributed by atoms with Crippen molar-refractivity contribution >= 4 is 53.0 Å². The van der Waals surface area contributed by atoms with Crippen LogP contribution in [-0.2, 0) is 56.4 Å². The second-order valence-corrected chi connectivity index (χ2v) is 25.0. The maximum atomic E-state index is 13.3. The molecule has 1 aliphatic heterocycles. The molecular formula is C40H54N4O11S3. The lowest BCUT2D eigenvalue weighted by atomic mass is 9.93. The molecule has 2 amide bonds. The van der Waals surface area contributed by atoms with Crippen molar-refractivity contribution in [2.75, 3.05) is 16.9 Å². The van der Waals surface area contributed by atoms with Crippen LogP contribution in [0.3, 0.4) is 0 Å². The molecule has 0 atom stereocenters. The molecule has 0 unspecified atom stereocenters. The van der Waals surface area contributed by atoms with Crippen LogP contribution in [0.4, 0.5) is 11.6 Å². The lowest BCUT2D eigenvalue weighted by Crippen LogP contribution is -2.44. The molecule has 3 heterocycles. The van der Waals surface area contributed by atoms with Gasteiger partial charge < -0.3 is 24.4 Å². The molecule has 15 nitrogen and oxygen atoms in total. The number of amides is 2. The van der Waals surface area contributed by atoms with Crippen molar-refractivity contribution in [3.8, 4) is 5.75 Å². The summed E-state index contributed by atoms with van der Waals surface area (Å²) in [5, 5.41) is 12.6. The fourth-order valence-corrected chi connectivity index (χ4v) is 8.85. The molecular weight excluding hydrogens is 809 g/mol. The predicted molar refractivity (Wildman–Crippen MR) is 219 cm³/mol. The minimum atomic E-state index is -4.11. The van der Waals surface area contributed by atoms with E-state index in [9.17, 15) is 34.8 Å². The van der Waals surface area contributed by atoms with Crippen LogP contribution in [0.5, 0.6) is 5.75 Å². The lowest BCUT2D eigenvalue weighted by Gasteiger charge is -2.33. The highest BCUT2D eigenvalue weighted by Crippen LogP contribution is 2.37. The molecule has 2 aromatic heterocycles. The van der Waals surface area contributed by atoms with Crippen LogP contribution in [0.2, 0.25) is 0 Å². The summed E-state index contributed by atoms with van der Waals surface area (Å²) in [5.74, 6) is 0.667. The van der Waals surface area contributed by atoms with Gasteiger partial charge in [0.05, 0.1) is 14.7 Å². The van der Waals surface area contributed by atoms with Gasteiger partial charge in [0.1, 0.15) is 32.4 Å². The second kappa shape index (κ2) is 15.6. The van der Waals surface area contributed by atoms with Crippen LogP contribution in [-0.4, -0.2) is 68.7 Å². The molecule has 5 rings (SSSR count). The number of aryl methyl sites for hydroxylation is 1. The molecule has 0 saturated heterocycles. The Morgan fingerprint density at radius 1 is 0.621 bits per heavy atom. The fraction of sp³-hybridized carbons (Fsp3) is 0.500. The summed E-state index contributed by atoms with van der Waals surface area (Å²) in [6.45, 7) is 20.9. The van der Waals surface area contributed by atoms with E-state index in [0.29, 0.717) is 23.7 Å². The van der Waals surface area contributed by atoms with Crippen LogP contribution >= 0.6 is 0 Å². The minimum absolute atomic E-state index is 0.00832. The normalized spacial score (nSPS) is 15.0. The standard InChI is InChI=1S/C22H30N2O5S.C18H24N2O6S2/c1-20(2,3)17-13-18(24-29-17)23-19(25)22(6,7)30(26,27)15-8-9-16-14(12-15)10-11-21(4,5)28-16;1-17(2,3)14-11-15(20-26-14)19-16(21)18(4,5)28(24,25)13-9-7-12(8-10-13)27(6,22)23/h8-9,12-13H,10-11H2,1-7H3,(H,23,24,25);7-11H,1-6H3,(H,19,20,21). The van der Waals surface area contributed by atoms with E-state index in [1.165, 1.54) is 58.0 Å². The van der Waals surface area contributed by atoms with Crippen molar-refractivity contribution < 1.29 is 48.6 Å². The topological polar surface area (TPSA) is 222 Å². The number of carbonyl (C=O) groups is 2. The second-order valence-electron chi connectivity index (χ2n) is 18.0. The third-order valence-corrected chi connectivity index (χ3v) is 15.7. The van der Waals surface area contributed by atoms with E-state index in [2.05, 4.69) is 20.9 Å². The van der Waals surface area contributed by atoms with Gasteiger partial charge in [-0.05, 0) is 102 Å². The van der Waals surface area contributed by atoms with E-state index in [-0.39, 0.29) is 42.8 Å². The van der Waals surface area contributed by atoms with Crippen LogP contribution in [0.15, 0.2) is 78.3 Å². The van der Waals surface area contributed by atoms with Crippen LogP contribution in [0.25, 0.3) is 0 Å². The number of nitrogens with one attached hydrogen (secondary N) is 2. The number of benzene rings is 2. The highest BCUT2D eigenvalue weighted by Gasteiger charge is 2.45. The SMILES string of the molecule is CC(C)(C)c1cc(NC(=O)C(C)(C)S(=O)(=O)c2ccc(S(C)(=O)=O)cc2)no1.CC1(C)CCc2cc(S(=O)(=O)C(C)(C)C(=O)Nc3cc(C(C)(C)C)on3)ccc2O1. The summed E-state index contributed by atoms with van der Waals surface area (Å²) in [6.07, 6.45) is 2.53. The predicted octanol–water partition coefficient (Wildman–Crippen LogP) is 6.83. The number of anilines is 2. The van der Waals surface area contributed by atoms with Crippen LogP contribution < -0.4 is 15.4 Å². The average Bonchev–Trinajstić information content (AvgIpc) is 3.78. The number of sulfone groups is 3. The zero-order chi connectivity index (χ0) is 44.1. The smallest absolute Gasteiger partial charge is 0.246 e. The Balaban J connectivity index is 0.000000257. The first-order valence-electron chi connectivity index (χ1n) is 18.4. The number of fused-ring (bicyclic) bond motifs is 1. The van der Waals surface area contributed by atoms with Gasteiger partial charge >= 0.3 is 0 Å². The first kappa shape index (κ1) is 46.1. The maximum Gasteiger partial charge on any atom is 0.246 e. The summed E-state index contributed by atoms with van der Waals surface area (Å²) < 4.78 is 88.5. The monoisotopic (exact) mass is 862 g/mol. The van der Waals surface area contributed by atoms with E-state index in [4.69, 9.17) is 13.8 Å². The Morgan fingerprint density at radius 2 is 1.02 bits per heavy atom. The first-order chi connectivity index (χ1) is 26.2. The van der Waals surface area contributed by atoms with Gasteiger partial charge in [-0.25, -0.2) is 25.3 Å². The van der Waals surface area contributed by atoms with Crippen molar-refractivity contribution in [3.63, 3.8) is 0 Å². The summed E-state index contributed by atoms with van der Waals surface area (Å²) >= 11 is 0. The minimum Gasteiger partial charge on any atom is -0.488 e. The third-order valence-electron chi connectivity index (χ3n) is 9.71. The summed E-state index contributed by atoms with van der Waals surface area (Å²) in [4.78, 5) is 25.5. The van der Waals surface area contributed by atoms with Crippen molar-refractivity contribution in [1.82, 2.24) is 10.3 Å². The van der Waals surface area contributed by atoms with Crippen molar-refractivity contribution in [1.29, 1.82) is 0 Å². The van der Waals surface area contributed by atoms with Gasteiger partial charge in [0.15, 0.2) is 41.1 Å². The zero-order valence-corrected chi connectivity index (χ0v) is 37.7. The van der Waals surface area contributed by atoms with Gasteiger partial charge in [-0.1, -0.05) is 51.9 Å². The van der Waals surface area contributed by atoms with Crippen molar-refractivity contribution in [2.45, 2.75) is 137 Å². The summed E-state index contributed by atoms with van der Waals surface area (Å²) in [7, 11) is -11.5. The zero-order valence-electron chi connectivity index (χ0n) is 35.2. The Labute approximate surface area is 341 Å². The lowest BCUT2D eigenvalue weighted by molar-refractivity contribution is -0.118. The highest BCUT2D eigenvalue weighted by molar-refractivity contribution is 7.94. The Hall–Kier alpha value is -4.55. The molecule has 2 N–H and O–H groups in total. The van der Waals surface area contributed by atoms with Gasteiger partial charge in [-0.3, -0.25) is 9.59 Å². The molecule has 0 spiro atoms. The molecule has 4 aromatic rings. The van der Waals surface area contributed by atoms with E-state index < -0.39 is 50.8 Å². The highest BCUT2D eigenvalue weighted by atomic mass is 32.2. The van der Waals surface area contributed by atoms with Gasteiger partial charge in [0.2, 0.25) is 11.8 Å². The van der Waals surface area contributed by atoms with Crippen LogP contribution in [0.1, 0.15) is 107 Å². The number of hydrogen-bond donors (Lipinski definition) is 2. The van der Waals surface area contributed by atoms with Gasteiger partial charge in [-0.2, -0.15) is 0 Å². The molecule has 0 radical (unpaired) electrons. The number of hydrogen-bond acceptors (Lipinski definition) is 13. The fourth-order valence-electron chi connectivity index (χ4n) is 5.41. The van der Waals surface area contributed by atoms with Crippen molar-refractivity contribution in [2.24, 2.45) is 0 Å². The Kier molecular flexibility index (Phi) is 12.4. The number of nitrogens with zero attached hydrogens (tertiary/aromatic N) is 2. The van der Waals surface area contributed by atoms with Crippen LogP contribution in [0, 0.1) is 0 Å². The molecule has 318 valence electrons. The molecule has 1 aliphatic rings. The van der Waals surface area contributed by atoms with Crippen molar-refractivity contribution in [3.05, 3.63) is 71.7 Å². The Bertz CT molecular complexity index is 2520. The molecule has 2 aromatic carbocycles. The van der Waals surface area contributed by atoms with Gasteiger partial charge in [0, 0.05) is 29.2 Å². The summed E-state index contributed by atoms with van der Waals surface area (Å²) in [5.41, 5.74) is -0.0512. The van der Waals surface area contributed by atoms with E-state index in [0.717, 1.165) is 18.2 Å². The maximum absolute atomic E-state index is 13.3. The Morgan fingerprint density at radius 3 is 1.41 bits per heavy atom. The van der Waals surface area contributed by atoms with E-state index in [1.807, 2.05) is 55.4 Å². The molecule has 18 heteroatoms. The number of ether oxygens (including phenoxy) is 1. The third kappa shape index (κ3) is 9.82. The number of rotatable bonds is 9. The molecule has 0 fully saturated rings. The number of carbonyl (C=O) groups excluding carboxylic acids is 2. The first-order valence-corrected chi connectivity index (χ1v) is 23.2. The van der Waals surface area contributed by atoms with E-state index in [1.54, 1.807) is 24.3 Å². The summed E-state index contributed by atoms with van der Waals surface area (Å²) in [6, 6.07) is 12.7. The van der Waals surface area contributed by atoms with Gasteiger partial charge in [-0.15, -0.1) is 0 Å². The molecule has 0 bridgehead atoms. The molecule has 58 heavy (non-hydrogen) atoms. The largest absolute Gasteiger partial charge is 0.488 e. The van der Waals surface area contributed by atoms with Gasteiger partial charge in [0.25, 0.3) is 0 Å². The van der Waals surface area contributed by atoms with E-state index >= 15 is 0 Å². The quantitative estimate of drug-likeness (QED) is 0.176. The molecule has 0 saturated carbocycles. The average molecular weight is 863 g/mol.